The summed E-state index contributed by atoms with van der Waals surface area (Å²) < 4.78 is 26.6. The standard InChI is InChI=1S/C12H10F2N2O4/c1-12(7-3-2-6(13)4-8(7)14)10(19)16(5-9(17)18)11(20)15-12/h2-4H,5H2,1H3,(H,15,20)(H,17,18)/t12-/m0/s1. The van der Waals surface area contributed by atoms with Crippen molar-refractivity contribution in [1.82, 2.24) is 10.2 Å². The van der Waals surface area contributed by atoms with Crippen LogP contribution in [0.25, 0.3) is 0 Å². The van der Waals surface area contributed by atoms with Gasteiger partial charge >= 0.3 is 12.0 Å². The molecule has 1 aliphatic rings. The molecule has 20 heavy (non-hydrogen) atoms. The van der Waals surface area contributed by atoms with Crippen LogP contribution in [0, 0.1) is 11.6 Å². The number of imide groups is 1. The molecule has 1 fully saturated rings. The number of urea groups is 1. The van der Waals surface area contributed by atoms with Gasteiger partial charge in [-0.05, 0) is 13.0 Å². The van der Waals surface area contributed by atoms with Crippen molar-refractivity contribution < 1.29 is 28.3 Å². The molecule has 106 valence electrons. The summed E-state index contributed by atoms with van der Waals surface area (Å²) in [4.78, 5) is 34.8. The number of hydrogen-bond acceptors (Lipinski definition) is 3. The molecular weight excluding hydrogens is 274 g/mol. The van der Waals surface area contributed by atoms with Gasteiger partial charge in [0, 0.05) is 11.6 Å². The average molecular weight is 284 g/mol. The minimum Gasteiger partial charge on any atom is -0.480 e. The lowest BCUT2D eigenvalue weighted by Crippen LogP contribution is -2.42. The smallest absolute Gasteiger partial charge is 0.325 e. The number of hydrogen-bond donors (Lipinski definition) is 2. The first-order valence-electron chi connectivity index (χ1n) is 5.57. The molecule has 0 aliphatic carbocycles. The Morgan fingerprint density at radius 3 is 2.60 bits per heavy atom. The Bertz CT molecular complexity index is 619. The normalized spacial score (nSPS) is 22.1. The first-order chi connectivity index (χ1) is 9.25. The zero-order chi connectivity index (χ0) is 15.1. The monoisotopic (exact) mass is 284 g/mol. The molecule has 0 unspecified atom stereocenters. The van der Waals surface area contributed by atoms with E-state index in [1.807, 2.05) is 0 Å². The van der Waals surface area contributed by atoms with Crippen molar-refractivity contribution in [2.24, 2.45) is 0 Å². The highest BCUT2D eigenvalue weighted by molar-refractivity contribution is 6.08. The number of amides is 3. The third-order valence-electron chi connectivity index (χ3n) is 3.04. The molecule has 6 nitrogen and oxygen atoms in total. The number of halogens is 2. The lowest BCUT2D eigenvalue weighted by Gasteiger charge is -2.22. The Labute approximate surface area is 112 Å². The Morgan fingerprint density at radius 1 is 1.40 bits per heavy atom. The van der Waals surface area contributed by atoms with Crippen LogP contribution in [0.4, 0.5) is 13.6 Å². The summed E-state index contributed by atoms with van der Waals surface area (Å²) >= 11 is 0. The maximum absolute atomic E-state index is 13.8. The van der Waals surface area contributed by atoms with Crippen LogP contribution in [0.15, 0.2) is 18.2 Å². The Kier molecular flexibility index (Phi) is 3.16. The van der Waals surface area contributed by atoms with Gasteiger partial charge in [-0.1, -0.05) is 6.07 Å². The lowest BCUT2D eigenvalue weighted by atomic mass is 9.91. The molecule has 0 radical (unpaired) electrons. The summed E-state index contributed by atoms with van der Waals surface area (Å²) in [5.74, 6) is -4.11. The second kappa shape index (κ2) is 4.55. The summed E-state index contributed by atoms with van der Waals surface area (Å²) in [6, 6.07) is 1.62. The van der Waals surface area contributed by atoms with Gasteiger partial charge in [0.05, 0.1) is 0 Å². The van der Waals surface area contributed by atoms with Gasteiger partial charge in [-0.15, -0.1) is 0 Å². The summed E-state index contributed by atoms with van der Waals surface area (Å²) in [7, 11) is 0. The largest absolute Gasteiger partial charge is 0.480 e. The zero-order valence-electron chi connectivity index (χ0n) is 10.3. The minimum atomic E-state index is -1.76. The molecule has 1 aliphatic heterocycles. The highest BCUT2D eigenvalue weighted by Crippen LogP contribution is 2.30. The van der Waals surface area contributed by atoms with Crippen LogP contribution in [0.2, 0.25) is 0 Å². The summed E-state index contributed by atoms with van der Waals surface area (Å²) in [5, 5.41) is 10.9. The fourth-order valence-electron chi connectivity index (χ4n) is 2.05. The van der Waals surface area contributed by atoms with E-state index in [1.165, 1.54) is 6.92 Å². The van der Waals surface area contributed by atoms with Crippen molar-refractivity contribution in [3.63, 3.8) is 0 Å². The van der Waals surface area contributed by atoms with Gasteiger partial charge in [0.15, 0.2) is 0 Å². The fourth-order valence-corrected chi connectivity index (χ4v) is 2.05. The molecule has 1 heterocycles. The van der Waals surface area contributed by atoms with Crippen molar-refractivity contribution in [2.45, 2.75) is 12.5 Å². The number of carboxylic acid groups (broad SMARTS) is 1. The molecule has 1 saturated heterocycles. The van der Waals surface area contributed by atoms with E-state index in [0.717, 1.165) is 12.1 Å². The molecule has 3 amide bonds. The molecular formula is C12H10F2N2O4. The number of carbonyl (C=O) groups excluding carboxylic acids is 2. The van der Waals surface area contributed by atoms with Gasteiger partial charge in [-0.25, -0.2) is 13.6 Å². The minimum absolute atomic E-state index is 0.231. The van der Waals surface area contributed by atoms with Crippen LogP contribution < -0.4 is 5.32 Å². The van der Waals surface area contributed by atoms with Crippen LogP contribution in [0.1, 0.15) is 12.5 Å². The summed E-state index contributed by atoms with van der Waals surface area (Å²) in [6.45, 7) is 0.397. The van der Waals surface area contributed by atoms with Crippen molar-refractivity contribution >= 4 is 17.9 Å². The summed E-state index contributed by atoms with van der Waals surface area (Å²) in [5.41, 5.74) is -1.99. The van der Waals surface area contributed by atoms with Gasteiger partial charge in [0.25, 0.3) is 5.91 Å². The Hall–Kier alpha value is -2.51. The Balaban J connectivity index is 2.43. The predicted molar refractivity (Wildman–Crippen MR) is 61.6 cm³/mol. The first kappa shape index (κ1) is 13.9. The third-order valence-corrected chi connectivity index (χ3v) is 3.04. The van der Waals surface area contributed by atoms with Crippen molar-refractivity contribution in [3.05, 3.63) is 35.4 Å². The van der Waals surface area contributed by atoms with E-state index in [0.29, 0.717) is 11.0 Å². The topological polar surface area (TPSA) is 86.7 Å². The van der Waals surface area contributed by atoms with Gasteiger partial charge < -0.3 is 10.4 Å². The SMILES string of the molecule is C[C@@]1(c2ccc(F)cc2F)NC(=O)N(CC(=O)O)C1=O. The third kappa shape index (κ3) is 2.09. The highest BCUT2D eigenvalue weighted by atomic mass is 19.1. The van der Waals surface area contributed by atoms with Crippen LogP contribution in [-0.2, 0) is 15.1 Å². The molecule has 2 rings (SSSR count). The van der Waals surface area contributed by atoms with E-state index in [4.69, 9.17) is 5.11 Å². The highest BCUT2D eigenvalue weighted by Gasteiger charge is 2.50. The second-order valence-electron chi connectivity index (χ2n) is 4.46. The molecule has 0 bridgehead atoms. The van der Waals surface area contributed by atoms with E-state index in [9.17, 15) is 23.2 Å². The van der Waals surface area contributed by atoms with Crippen LogP contribution in [0.5, 0.6) is 0 Å². The van der Waals surface area contributed by atoms with E-state index in [2.05, 4.69) is 5.32 Å². The number of aliphatic carboxylic acids is 1. The molecule has 1 atom stereocenters. The van der Waals surface area contributed by atoms with E-state index in [-0.39, 0.29) is 5.56 Å². The molecule has 0 saturated carbocycles. The molecule has 1 aromatic rings. The van der Waals surface area contributed by atoms with Crippen molar-refractivity contribution in [1.29, 1.82) is 0 Å². The number of nitrogens with zero attached hydrogens (tertiary/aromatic N) is 1. The zero-order valence-corrected chi connectivity index (χ0v) is 10.3. The van der Waals surface area contributed by atoms with Gasteiger partial charge in [-0.2, -0.15) is 0 Å². The van der Waals surface area contributed by atoms with Crippen molar-refractivity contribution in [3.8, 4) is 0 Å². The predicted octanol–water partition coefficient (Wildman–Crippen LogP) is 0.816. The average Bonchev–Trinajstić information content (AvgIpc) is 2.53. The van der Waals surface area contributed by atoms with Crippen LogP contribution in [-0.4, -0.2) is 34.5 Å². The quantitative estimate of drug-likeness (QED) is 0.804. The maximum Gasteiger partial charge on any atom is 0.325 e. The molecule has 0 spiro atoms. The lowest BCUT2D eigenvalue weighted by molar-refractivity contribution is -0.142. The number of benzene rings is 1. The number of nitrogens with one attached hydrogen (secondary N) is 1. The van der Waals surface area contributed by atoms with Gasteiger partial charge in [0.2, 0.25) is 0 Å². The van der Waals surface area contributed by atoms with Crippen LogP contribution >= 0.6 is 0 Å². The van der Waals surface area contributed by atoms with E-state index < -0.39 is 41.6 Å². The van der Waals surface area contributed by atoms with Crippen molar-refractivity contribution in [2.75, 3.05) is 6.54 Å². The maximum atomic E-state index is 13.8. The van der Waals surface area contributed by atoms with Gasteiger partial charge in [0.1, 0.15) is 23.7 Å². The number of carboxylic acids is 1. The number of rotatable bonds is 3. The Morgan fingerprint density at radius 2 is 2.05 bits per heavy atom. The fraction of sp³-hybridized carbons (Fsp3) is 0.250. The second-order valence-corrected chi connectivity index (χ2v) is 4.46. The van der Waals surface area contributed by atoms with Gasteiger partial charge in [-0.3, -0.25) is 14.5 Å². The molecule has 0 aromatic heterocycles. The first-order valence-corrected chi connectivity index (χ1v) is 5.57. The molecule has 2 N–H and O–H groups in total. The molecule has 1 aromatic carbocycles. The van der Waals surface area contributed by atoms with E-state index in [1.54, 1.807) is 0 Å². The van der Waals surface area contributed by atoms with E-state index >= 15 is 0 Å². The van der Waals surface area contributed by atoms with Crippen LogP contribution in [0.3, 0.4) is 0 Å². The summed E-state index contributed by atoms with van der Waals surface area (Å²) in [6.07, 6.45) is 0. The number of carbonyl (C=O) groups is 3. The molecule has 8 heteroatoms.